The van der Waals surface area contributed by atoms with Crippen molar-refractivity contribution in [3.05, 3.63) is 112 Å². The lowest BCUT2D eigenvalue weighted by Gasteiger charge is -2.16. The number of anilines is 1. The fourth-order valence-corrected chi connectivity index (χ4v) is 4.98. The Labute approximate surface area is 246 Å². The average molecular weight is 580 g/mol. The number of nitrogens with zero attached hydrogens (tertiary/aromatic N) is 4. The first-order chi connectivity index (χ1) is 20.8. The van der Waals surface area contributed by atoms with E-state index in [0.717, 1.165) is 44.5 Å². The molecule has 0 saturated heterocycles. The van der Waals surface area contributed by atoms with Crippen LogP contribution in [-0.4, -0.2) is 38.1 Å². The molecule has 0 aliphatic carbocycles. The van der Waals surface area contributed by atoms with Crippen LogP contribution in [0.25, 0.3) is 33.7 Å². The number of hydrogen-bond acceptors (Lipinski definition) is 8. The van der Waals surface area contributed by atoms with Crippen molar-refractivity contribution < 1.29 is 9.18 Å². The maximum atomic E-state index is 13.9. The highest BCUT2D eigenvalue weighted by Crippen LogP contribution is 2.26. The molecule has 0 spiro atoms. The Kier molecular flexibility index (Phi) is 7.45. The van der Waals surface area contributed by atoms with E-state index in [4.69, 9.17) is 0 Å². The number of carbonyl (C=O) groups is 1. The van der Waals surface area contributed by atoms with Crippen LogP contribution in [0.1, 0.15) is 23.6 Å². The van der Waals surface area contributed by atoms with Crippen molar-refractivity contribution in [1.29, 1.82) is 0 Å². The van der Waals surface area contributed by atoms with Crippen LogP contribution < -0.4 is 32.6 Å². The van der Waals surface area contributed by atoms with E-state index in [-0.39, 0.29) is 24.0 Å². The number of pyridine rings is 1. The number of fused-ring (bicyclic) bond motifs is 1. The molecule has 1 amide bonds. The maximum absolute atomic E-state index is 13.9. The lowest BCUT2D eigenvalue weighted by atomic mass is 10.1. The monoisotopic (exact) mass is 579 g/mol. The van der Waals surface area contributed by atoms with Crippen molar-refractivity contribution in [3.63, 3.8) is 0 Å². The molecule has 0 radical (unpaired) electrons. The Hall–Kier alpha value is -5.33. The first kappa shape index (κ1) is 27.8. The zero-order valence-corrected chi connectivity index (χ0v) is 23.8. The molecule has 2 aromatic carbocycles. The summed E-state index contributed by atoms with van der Waals surface area (Å²) in [4.78, 5) is 35.5. The van der Waals surface area contributed by atoms with E-state index in [0.29, 0.717) is 5.82 Å². The Morgan fingerprint density at radius 1 is 1.07 bits per heavy atom. The molecule has 0 saturated carbocycles. The lowest BCUT2D eigenvalue weighted by Crippen LogP contribution is -2.38. The highest BCUT2D eigenvalue weighted by Gasteiger charge is 2.18. The summed E-state index contributed by atoms with van der Waals surface area (Å²) in [5, 5.41) is 6.38. The summed E-state index contributed by atoms with van der Waals surface area (Å²) in [6.45, 7) is 3.77. The van der Waals surface area contributed by atoms with Gasteiger partial charge in [-0.2, -0.15) is 5.53 Å². The van der Waals surface area contributed by atoms with E-state index in [1.807, 2.05) is 48.0 Å². The molecule has 6 rings (SSSR count). The van der Waals surface area contributed by atoms with E-state index in [1.54, 1.807) is 38.6 Å². The summed E-state index contributed by atoms with van der Waals surface area (Å²) in [5.74, 6) is -0.211. The van der Waals surface area contributed by atoms with Crippen LogP contribution in [-0.2, 0) is 11.3 Å². The number of halogens is 1. The molecule has 0 unspecified atom stereocenters. The normalized spacial score (nSPS) is 13.3. The summed E-state index contributed by atoms with van der Waals surface area (Å²) < 4.78 is 17.4. The van der Waals surface area contributed by atoms with E-state index in [9.17, 15) is 14.0 Å². The minimum absolute atomic E-state index is 0.0723. The molecule has 12 heteroatoms. The van der Waals surface area contributed by atoms with Crippen molar-refractivity contribution in [2.24, 2.45) is 0 Å². The number of hydrazine groups is 2. The van der Waals surface area contributed by atoms with Crippen molar-refractivity contribution in [3.8, 4) is 17.1 Å². The zero-order valence-electron chi connectivity index (χ0n) is 23.8. The highest BCUT2D eigenvalue weighted by molar-refractivity contribution is 5.94. The fraction of sp³-hybridized carbons (Fsp3) is 0.161. The first-order valence-corrected chi connectivity index (χ1v) is 13.7. The van der Waals surface area contributed by atoms with Gasteiger partial charge in [0.15, 0.2) is 0 Å². The molecular weight excluding hydrogens is 549 g/mol. The Balaban J connectivity index is 1.40. The van der Waals surface area contributed by atoms with E-state index < -0.39 is 11.6 Å². The van der Waals surface area contributed by atoms with Crippen molar-refractivity contribution in [2.45, 2.75) is 26.4 Å². The maximum Gasteiger partial charge on any atom is 0.277 e. The second-order valence-electron chi connectivity index (χ2n) is 10.3. The molecule has 0 fully saturated rings. The predicted octanol–water partition coefficient (Wildman–Crippen LogP) is 3.20. The number of likely N-dealkylation sites (N-methyl/N-ethyl adjacent to an activating group) is 1. The molecule has 11 nitrogen and oxygen atoms in total. The minimum atomic E-state index is -0.503. The largest absolute Gasteiger partial charge is 0.319 e. The van der Waals surface area contributed by atoms with Gasteiger partial charge in [-0.15, -0.1) is 0 Å². The number of amides is 1. The summed E-state index contributed by atoms with van der Waals surface area (Å²) in [6.07, 6.45) is 8.54. The second kappa shape index (κ2) is 11.5. The molecule has 1 aliphatic heterocycles. The molecule has 0 bridgehead atoms. The molecule has 5 aromatic rings. The van der Waals surface area contributed by atoms with Gasteiger partial charge in [0.1, 0.15) is 17.3 Å². The van der Waals surface area contributed by atoms with Crippen LogP contribution >= 0.6 is 0 Å². The van der Waals surface area contributed by atoms with E-state index in [2.05, 4.69) is 37.0 Å². The van der Waals surface area contributed by atoms with Crippen LogP contribution in [0.2, 0.25) is 0 Å². The lowest BCUT2D eigenvalue weighted by molar-refractivity contribution is -0.117. The quantitative estimate of drug-likeness (QED) is 0.190. The van der Waals surface area contributed by atoms with Gasteiger partial charge in [-0.1, -0.05) is 24.3 Å². The number of nitrogens with one attached hydrogen (secondary N) is 5. The first-order valence-electron chi connectivity index (χ1n) is 13.7. The van der Waals surface area contributed by atoms with Crippen LogP contribution in [0.4, 0.5) is 10.1 Å². The summed E-state index contributed by atoms with van der Waals surface area (Å²) >= 11 is 0. The SMILES string of the molecule is CN[C@@H](C)C(=O)Nc1cnc(-c2ccc(C3=CNNN3)cc2)n(Cc2cncc(-n3cc(C)c4cc(F)ccc43)c2)c1=O. The summed E-state index contributed by atoms with van der Waals surface area (Å²) in [6, 6.07) is 13.7. The van der Waals surface area contributed by atoms with Gasteiger partial charge in [-0.25, -0.2) is 9.37 Å². The number of aryl methyl sites for hydroxylation is 1. The zero-order chi connectivity index (χ0) is 30.1. The molecule has 43 heavy (non-hydrogen) atoms. The van der Waals surface area contributed by atoms with Gasteiger partial charge in [-0.05, 0) is 56.3 Å². The van der Waals surface area contributed by atoms with Crippen LogP contribution in [0.3, 0.4) is 0 Å². The molecular formula is C31H30FN9O2. The third-order valence-electron chi connectivity index (χ3n) is 7.44. The minimum Gasteiger partial charge on any atom is -0.319 e. The average Bonchev–Trinajstić information content (AvgIpc) is 3.67. The van der Waals surface area contributed by atoms with Crippen molar-refractivity contribution in [1.82, 2.24) is 40.8 Å². The number of rotatable bonds is 8. The smallest absolute Gasteiger partial charge is 0.277 e. The predicted molar refractivity (Wildman–Crippen MR) is 163 cm³/mol. The van der Waals surface area contributed by atoms with Gasteiger partial charge < -0.3 is 26.1 Å². The Morgan fingerprint density at radius 3 is 2.60 bits per heavy atom. The highest BCUT2D eigenvalue weighted by atomic mass is 19.1. The third kappa shape index (κ3) is 5.48. The van der Waals surface area contributed by atoms with Crippen molar-refractivity contribution >= 4 is 28.2 Å². The molecule has 1 atom stereocenters. The van der Waals surface area contributed by atoms with Gasteiger partial charge >= 0.3 is 0 Å². The molecule has 3 aromatic heterocycles. The number of hydrogen-bond donors (Lipinski definition) is 5. The third-order valence-corrected chi connectivity index (χ3v) is 7.44. The van der Waals surface area contributed by atoms with Crippen LogP contribution in [0.15, 0.2) is 84.3 Å². The molecule has 218 valence electrons. The van der Waals surface area contributed by atoms with Gasteiger partial charge in [-0.3, -0.25) is 19.1 Å². The number of aromatic nitrogens is 4. The topological polar surface area (TPSA) is 130 Å². The summed E-state index contributed by atoms with van der Waals surface area (Å²) in [7, 11) is 1.67. The van der Waals surface area contributed by atoms with Gasteiger partial charge in [0.05, 0.1) is 41.9 Å². The molecule has 1 aliphatic rings. The number of carbonyl (C=O) groups excluding carboxylic acids is 1. The van der Waals surface area contributed by atoms with E-state index in [1.165, 1.54) is 22.9 Å². The van der Waals surface area contributed by atoms with E-state index >= 15 is 0 Å². The van der Waals surface area contributed by atoms with Crippen molar-refractivity contribution in [2.75, 3.05) is 12.4 Å². The fourth-order valence-electron chi connectivity index (χ4n) is 4.98. The van der Waals surface area contributed by atoms with Gasteiger partial charge in [0.25, 0.3) is 5.56 Å². The number of benzene rings is 2. The Morgan fingerprint density at radius 2 is 1.86 bits per heavy atom. The summed E-state index contributed by atoms with van der Waals surface area (Å²) in [5.41, 5.74) is 14.2. The molecule has 4 heterocycles. The molecule has 5 N–H and O–H groups in total. The van der Waals surface area contributed by atoms with Crippen LogP contribution in [0, 0.1) is 12.7 Å². The standard InChI is InChI=1S/C31H30FN9O2/c1-18-16-40(28-9-8-23(32)11-25(18)28)24-10-20(12-34-13-24)17-41-29(22-6-4-21(5-7-22)26-15-36-39-38-26)35-14-27(31(41)43)37-30(42)19(2)33-3/h4-16,19,33,36,38-39H,17H2,1-3H3,(H,37,42)/t19-/m0/s1. The van der Waals surface area contributed by atoms with Gasteiger partial charge in [0, 0.05) is 35.1 Å². The Bertz CT molecular complexity index is 1930. The second-order valence-corrected chi connectivity index (χ2v) is 10.3. The van der Waals surface area contributed by atoms with Crippen LogP contribution in [0.5, 0.6) is 0 Å². The van der Waals surface area contributed by atoms with Gasteiger partial charge in [0.2, 0.25) is 5.91 Å².